The highest BCUT2D eigenvalue weighted by atomic mass is 16.5. The third-order valence-electron chi connectivity index (χ3n) is 2.91. The Morgan fingerprint density at radius 3 is 3.00 bits per heavy atom. The fourth-order valence-electron chi connectivity index (χ4n) is 1.83. The third kappa shape index (κ3) is 4.88. The van der Waals surface area contributed by atoms with Crippen LogP contribution in [0.15, 0.2) is 36.7 Å². The molecule has 0 saturated carbocycles. The number of benzene rings is 1. The van der Waals surface area contributed by atoms with Gasteiger partial charge in [0.1, 0.15) is 5.75 Å². The minimum atomic E-state index is -0.152. The largest absolute Gasteiger partial charge is 0.483 e. The van der Waals surface area contributed by atoms with Crippen molar-refractivity contribution in [3.8, 4) is 5.75 Å². The molecule has 1 amide bonds. The highest BCUT2D eigenvalue weighted by molar-refractivity contribution is 5.77. The summed E-state index contributed by atoms with van der Waals surface area (Å²) in [6.07, 6.45) is 4.20. The summed E-state index contributed by atoms with van der Waals surface area (Å²) in [5, 5.41) is 10.4. The number of nitrogens with zero attached hydrogens (tertiary/aromatic N) is 3. The first-order valence-corrected chi connectivity index (χ1v) is 6.81. The number of hydrogen-bond donors (Lipinski definition) is 2. The quantitative estimate of drug-likeness (QED) is 0.683. The van der Waals surface area contributed by atoms with Crippen LogP contribution in [0.1, 0.15) is 12.0 Å². The van der Waals surface area contributed by atoms with Crippen molar-refractivity contribution in [3.05, 3.63) is 42.2 Å². The molecule has 112 valence electrons. The number of para-hydroxylation sites is 1. The topological polar surface area (TPSA) is 95.1 Å². The fraction of sp³-hybridized carbons (Fsp3) is 0.357. The molecule has 7 nitrogen and oxygen atoms in total. The number of carbonyl (C=O) groups excluding carboxylic acids is 1. The molecule has 2 aromatic rings. The number of aromatic nitrogens is 3. The van der Waals surface area contributed by atoms with Crippen LogP contribution in [0, 0.1) is 0 Å². The van der Waals surface area contributed by atoms with E-state index in [-0.39, 0.29) is 12.5 Å². The van der Waals surface area contributed by atoms with E-state index in [0.717, 1.165) is 18.5 Å². The number of carbonyl (C=O) groups is 1. The molecule has 2 rings (SSSR count). The van der Waals surface area contributed by atoms with E-state index in [4.69, 9.17) is 10.5 Å². The van der Waals surface area contributed by atoms with Gasteiger partial charge in [0.25, 0.3) is 5.91 Å². The van der Waals surface area contributed by atoms with Crippen LogP contribution < -0.4 is 15.8 Å². The molecule has 3 N–H and O–H groups in total. The van der Waals surface area contributed by atoms with E-state index in [1.165, 1.54) is 0 Å². The van der Waals surface area contributed by atoms with E-state index < -0.39 is 0 Å². The van der Waals surface area contributed by atoms with Crippen LogP contribution in [0.2, 0.25) is 0 Å². The molecule has 0 aliphatic carbocycles. The molecule has 0 bridgehead atoms. The SMILES string of the molecule is NCc1ccccc1OCC(=O)NCCCn1ccnn1. The average Bonchev–Trinajstić information content (AvgIpc) is 3.03. The van der Waals surface area contributed by atoms with Crippen molar-refractivity contribution in [1.82, 2.24) is 20.3 Å². The molecule has 0 unspecified atom stereocenters. The molecule has 0 aliphatic rings. The van der Waals surface area contributed by atoms with Gasteiger partial charge in [0.15, 0.2) is 6.61 Å². The van der Waals surface area contributed by atoms with Gasteiger partial charge in [-0.05, 0) is 12.5 Å². The normalized spacial score (nSPS) is 10.3. The van der Waals surface area contributed by atoms with E-state index in [2.05, 4.69) is 15.6 Å². The Morgan fingerprint density at radius 2 is 2.24 bits per heavy atom. The minimum Gasteiger partial charge on any atom is -0.483 e. The van der Waals surface area contributed by atoms with E-state index in [9.17, 15) is 4.79 Å². The second kappa shape index (κ2) is 8.01. The Labute approximate surface area is 123 Å². The lowest BCUT2D eigenvalue weighted by Crippen LogP contribution is -2.30. The van der Waals surface area contributed by atoms with Crippen molar-refractivity contribution < 1.29 is 9.53 Å². The number of ether oxygens (including phenoxy) is 1. The van der Waals surface area contributed by atoms with Crippen LogP contribution in [0.5, 0.6) is 5.75 Å². The first-order chi connectivity index (χ1) is 10.3. The highest BCUT2D eigenvalue weighted by Gasteiger charge is 2.05. The van der Waals surface area contributed by atoms with Gasteiger partial charge >= 0.3 is 0 Å². The molecular formula is C14H19N5O2. The molecular weight excluding hydrogens is 270 g/mol. The lowest BCUT2D eigenvalue weighted by atomic mass is 10.2. The second-order valence-corrected chi connectivity index (χ2v) is 4.47. The summed E-state index contributed by atoms with van der Waals surface area (Å²) in [5.41, 5.74) is 6.49. The Kier molecular flexibility index (Phi) is 5.71. The Hall–Kier alpha value is -2.41. The minimum absolute atomic E-state index is 0.0136. The first kappa shape index (κ1) is 15.0. The van der Waals surface area contributed by atoms with Crippen LogP contribution in [-0.2, 0) is 17.9 Å². The number of aryl methyl sites for hydroxylation is 1. The first-order valence-electron chi connectivity index (χ1n) is 6.81. The lowest BCUT2D eigenvalue weighted by molar-refractivity contribution is -0.123. The van der Waals surface area contributed by atoms with E-state index in [1.807, 2.05) is 18.2 Å². The predicted molar refractivity (Wildman–Crippen MR) is 77.5 cm³/mol. The van der Waals surface area contributed by atoms with Gasteiger partial charge in [-0.15, -0.1) is 5.10 Å². The Bertz CT molecular complexity index is 556. The van der Waals surface area contributed by atoms with Crippen LogP contribution in [0.3, 0.4) is 0 Å². The van der Waals surface area contributed by atoms with E-state index in [0.29, 0.717) is 18.8 Å². The van der Waals surface area contributed by atoms with E-state index in [1.54, 1.807) is 23.1 Å². The summed E-state index contributed by atoms with van der Waals surface area (Å²) < 4.78 is 7.20. The van der Waals surface area contributed by atoms with Crippen LogP contribution in [0.4, 0.5) is 0 Å². The molecule has 0 aliphatic heterocycles. The summed E-state index contributed by atoms with van der Waals surface area (Å²) in [5.74, 6) is 0.498. The van der Waals surface area contributed by atoms with Gasteiger partial charge in [0, 0.05) is 31.4 Å². The van der Waals surface area contributed by atoms with Gasteiger partial charge in [-0.3, -0.25) is 9.48 Å². The van der Waals surface area contributed by atoms with Crippen LogP contribution >= 0.6 is 0 Å². The zero-order chi connectivity index (χ0) is 14.9. The summed E-state index contributed by atoms with van der Waals surface area (Å²) in [6.45, 7) is 1.66. The van der Waals surface area contributed by atoms with Crippen LogP contribution in [0.25, 0.3) is 0 Å². The van der Waals surface area contributed by atoms with Crippen molar-refractivity contribution in [2.24, 2.45) is 5.73 Å². The maximum Gasteiger partial charge on any atom is 0.257 e. The van der Waals surface area contributed by atoms with E-state index >= 15 is 0 Å². The average molecular weight is 289 g/mol. The van der Waals surface area contributed by atoms with Crippen molar-refractivity contribution in [2.45, 2.75) is 19.5 Å². The highest BCUT2D eigenvalue weighted by Crippen LogP contribution is 2.16. The second-order valence-electron chi connectivity index (χ2n) is 4.47. The number of nitrogens with one attached hydrogen (secondary N) is 1. The standard InChI is InChI=1S/C14H19N5O2/c15-10-12-4-1-2-5-13(12)21-11-14(20)16-6-3-8-19-9-7-17-18-19/h1-2,4-5,7,9H,3,6,8,10-11,15H2,(H,16,20). The molecule has 0 fully saturated rings. The maximum absolute atomic E-state index is 11.7. The molecule has 1 heterocycles. The van der Waals surface area contributed by atoms with Crippen molar-refractivity contribution in [1.29, 1.82) is 0 Å². The molecule has 1 aromatic carbocycles. The van der Waals surface area contributed by atoms with Gasteiger partial charge in [-0.2, -0.15) is 0 Å². The molecule has 21 heavy (non-hydrogen) atoms. The number of amides is 1. The number of rotatable bonds is 8. The van der Waals surface area contributed by atoms with Crippen molar-refractivity contribution >= 4 is 5.91 Å². The zero-order valence-corrected chi connectivity index (χ0v) is 11.7. The summed E-state index contributed by atoms with van der Waals surface area (Å²) >= 11 is 0. The van der Waals surface area contributed by atoms with Gasteiger partial charge < -0.3 is 15.8 Å². The lowest BCUT2D eigenvalue weighted by Gasteiger charge is -2.10. The molecule has 0 atom stereocenters. The predicted octanol–water partition coefficient (Wildman–Crippen LogP) is 0.322. The molecule has 0 radical (unpaired) electrons. The van der Waals surface area contributed by atoms with Gasteiger partial charge in [-0.1, -0.05) is 23.4 Å². The monoisotopic (exact) mass is 289 g/mol. The van der Waals surface area contributed by atoms with Gasteiger partial charge in [-0.25, -0.2) is 0 Å². The maximum atomic E-state index is 11.7. The summed E-state index contributed by atoms with van der Waals surface area (Å²) in [7, 11) is 0. The molecule has 1 aromatic heterocycles. The van der Waals surface area contributed by atoms with Gasteiger partial charge in [0.2, 0.25) is 0 Å². The fourth-order valence-corrected chi connectivity index (χ4v) is 1.83. The number of nitrogens with two attached hydrogens (primary N) is 1. The molecule has 7 heteroatoms. The smallest absolute Gasteiger partial charge is 0.257 e. The summed E-state index contributed by atoms with van der Waals surface area (Å²) in [6, 6.07) is 7.43. The van der Waals surface area contributed by atoms with Crippen molar-refractivity contribution in [2.75, 3.05) is 13.2 Å². The third-order valence-corrected chi connectivity index (χ3v) is 2.91. The molecule has 0 saturated heterocycles. The Morgan fingerprint density at radius 1 is 1.38 bits per heavy atom. The summed E-state index contributed by atoms with van der Waals surface area (Å²) in [4.78, 5) is 11.7. The molecule has 0 spiro atoms. The zero-order valence-electron chi connectivity index (χ0n) is 11.7. The Balaban J connectivity index is 1.65. The number of hydrogen-bond acceptors (Lipinski definition) is 5. The van der Waals surface area contributed by atoms with Crippen LogP contribution in [-0.4, -0.2) is 34.1 Å². The van der Waals surface area contributed by atoms with Crippen molar-refractivity contribution in [3.63, 3.8) is 0 Å². The van der Waals surface area contributed by atoms with Gasteiger partial charge in [0.05, 0.1) is 6.20 Å².